The fourth-order valence-corrected chi connectivity index (χ4v) is 1.37. The number of hydrogen-bond donors (Lipinski definition) is 1. The molecule has 2 rings (SSSR count). The summed E-state index contributed by atoms with van der Waals surface area (Å²) in [5.74, 6) is 0. The summed E-state index contributed by atoms with van der Waals surface area (Å²) >= 11 is 0. The van der Waals surface area contributed by atoms with Crippen LogP contribution in [0.15, 0.2) is 36.9 Å². The van der Waals surface area contributed by atoms with Gasteiger partial charge in [0.25, 0.3) is 0 Å². The lowest BCUT2D eigenvalue weighted by Gasteiger charge is -2.10. The van der Waals surface area contributed by atoms with E-state index in [0.717, 1.165) is 12.1 Å². The van der Waals surface area contributed by atoms with Crippen molar-refractivity contribution >= 4 is 30.5 Å². The Morgan fingerprint density at radius 1 is 1.17 bits per heavy atom. The number of nitrogens with zero attached hydrogens (tertiary/aromatic N) is 2. The molecule has 0 saturated heterocycles. The molecule has 0 aliphatic heterocycles. The van der Waals surface area contributed by atoms with Crippen LogP contribution in [0.4, 0.5) is 18.9 Å². The Kier molecular flexibility index (Phi) is 5.51. The van der Waals surface area contributed by atoms with Gasteiger partial charge in [0.05, 0.1) is 23.3 Å². The fraction of sp³-hybridized carbons (Fsp3) is 0.100. The molecule has 100 valence electrons. The predicted octanol–water partition coefficient (Wildman–Crippen LogP) is 3.32. The molecule has 0 bridgehead atoms. The number of aromatic nitrogens is 2. The van der Waals surface area contributed by atoms with E-state index in [2.05, 4.69) is 4.98 Å². The molecule has 2 aromatic rings. The molecular weight excluding hydrogens is 290 g/mol. The van der Waals surface area contributed by atoms with Gasteiger partial charge in [-0.05, 0) is 18.2 Å². The summed E-state index contributed by atoms with van der Waals surface area (Å²) in [6.45, 7) is 0. The van der Waals surface area contributed by atoms with E-state index in [0.29, 0.717) is 5.69 Å². The largest absolute Gasteiger partial charge is 0.416 e. The highest BCUT2D eigenvalue weighted by Crippen LogP contribution is 2.32. The van der Waals surface area contributed by atoms with Gasteiger partial charge in [0.15, 0.2) is 0 Å². The van der Waals surface area contributed by atoms with Gasteiger partial charge in [-0.2, -0.15) is 13.2 Å². The Bertz CT molecular complexity index is 498. The van der Waals surface area contributed by atoms with E-state index < -0.39 is 11.7 Å². The molecule has 8 heteroatoms. The molecule has 0 unspecified atom stereocenters. The molecule has 0 spiro atoms. The molecule has 1 aromatic heterocycles. The SMILES string of the molecule is Cl.Cl.Nc1cc(C(F)(F)F)ccc1-n1ccnc1. The number of nitrogen functional groups attached to an aromatic ring is 1. The van der Waals surface area contributed by atoms with E-state index in [-0.39, 0.29) is 30.5 Å². The normalized spacial score (nSPS) is 10.4. The minimum atomic E-state index is -4.37. The second-order valence-electron chi connectivity index (χ2n) is 3.24. The monoisotopic (exact) mass is 299 g/mol. The fourth-order valence-electron chi connectivity index (χ4n) is 1.37. The van der Waals surface area contributed by atoms with E-state index in [9.17, 15) is 13.2 Å². The van der Waals surface area contributed by atoms with Crippen molar-refractivity contribution in [2.75, 3.05) is 5.73 Å². The van der Waals surface area contributed by atoms with Gasteiger partial charge in [0, 0.05) is 12.4 Å². The second kappa shape index (κ2) is 5.97. The van der Waals surface area contributed by atoms with Crippen LogP contribution in [0.3, 0.4) is 0 Å². The molecule has 1 heterocycles. The Labute approximate surface area is 114 Å². The summed E-state index contributed by atoms with van der Waals surface area (Å²) in [7, 11) is 0. The minimum absolute atomic E-state index is 0. The molecule has 0 aliphatic rings. The molecule has 2 N–H and O–H groups in total. The number of alkyl halides is 3. The van der Waals surface area contributed by atoms with Crippen molar-refractivity contribution < 1.29 is 13.2 Å². The predicted molar refractivity (Wildman–Crippen MR) is 67.5 cm³/mol. The van der Waals surface area contributed by atoms with Crippen LogP contribution < -0.4 is 5.73 Å². The van der Waals surface area contributed by atoms with Crippen LogP contribution in [0.2, 0.25) is 0 Å². The van der Waals surface area contributed by atoms with Gasteiger partial charge >= 0.3 is 6.18 Å². The average molecular weight is 300 g/mol. The third kappa shape index (κ3) is 3.30. The van der Waals surface area contributed by atoms with Crippen molar-refractivity contribution in [3.63, 3.8) is 0 Å². The first-order valence-corrected chi connectivity index (χ1v) is 4.43. The Hall–Kier alpha value is -1.40. The highest BCUT2D eigenvalue weighted by Gasteiger charge is 2.30. The van der Waals surface area contributed by atoms with Crippen molar-refractivity contribution in [3.8, 4) is 5.69 Å². The van der Waals surface area contributed by atoms with Crippen molar-refractivity contribution in [3.05, 3.63) is 42.5 Å². The zero-order valence-electron chi connectivity index (χ0n) is 8.89. The first kappa shape index (κ1) is 16.6. The number of nitrogens with two attached hydrogens (primary N) is 1. The number of rotatable bonds is 1. The van der Waals surface area contributed by atoms with Crippen LogP contribution in [-0.2, 0) is 6.18 Å². The lowest BCUT2D eigenvalue weighted by Crippen LogP contribution is -2.07. The molecule has 1 aromatic carbocycles. The maximum absolute atomic E-state index is 12.4. The van der Waals surface area contributed by atoms with Crippen LogP contribution in [-0.4, -0.2) is 9.55 Å². The zero-order chi connectivity index (χ0) is 11.8. The molecule has 0 saturated carbocycles. The summed E-state index contributed by atoms with van der Waals surface area (Å²) in [6.07, 6.45) is 0.233. The molecule has 0 aliphatic carbocycles. The number of halogens is 5. The number of imidazole rings is 1. The molecule has 0 atom stereocenters. The number of hydrogen-bond acceptors (Lipinski definition) is 2. The second-order valence-corrected chi connectivity index (χ2v) is 3.24. The van der Waals surface area contributed by atoms with Crippen LogP contribution >= 0.6 is 24.8 Å². The Morgan fingerprint density at radius 3 is 2.28 bits per heavy atom. The summed E-state index contributed by atoms with van der Waals surface area (Å²) in [5, 5.41) is 0. The zero-order valence-corrected chi connectivity index (χ0v) is 10.5. The first-order valence-electron chi connectivity index (χ1n) is 4.43. The lowest BCUT2D eigenvalue weighted by atomic mass is 10.1. The topological polar surface area (TPSA) is 43.8 Å². The Balaban J connectivity index is 0.00000144. The van der Waals surface area contributed by atoms with E-state index in [1.165, 1.54) is 18.6 Å². The van der Waals surface area contributed by atoms with Crippen molar-refractivity contribution in [2.45, 2.75) is 6.18 Å². The third-order valence-electron chi connectivity index (χ3n) is 2.14. The van der Waals surface area contributed by atoms with Crippen molar-refractivity contribution in [1.82, 2.24) is 9.55 Å². The molecule has 0 fully saturated rings. The van der Waals surface area contributed by atoms with Gasteiger partial charge in [0.1, 0.15) is 0 Å². The summed E-state index contributed by atoms with van der Waals surface area (Å²) < 4.78 is 38.7. The number of anilines is 1. The van der Waals surface area contributed by atoms with E-state index in [1.54, 1.807) is 10.8 Å². The van der Waals surface area contributed by atoms with Crippen LogP contribution in [0, 0.1) is 0 Å². The van der Waals surface area contributed by atoms with Gasteiger partial charge in [-0.25, -0.2) is 4.98 Å². The van der Waals surface area contributed by atoms with E-state index in [1.807, 2.05) is 0 Å². The van der Waals surface area contributed by atoms with Gasteiger partial charge in [-0.1, -0.05) is 0 Å². The maximum Gasteiger partial charge on any atom is 0.416 e. The Morgan fingerprint density at radius 2 is 1.83 bits per heavy atom. The average Bonchev–Trinajstić information content (AvgIpc) is 2.69. The quantitative estimate of drug-likeness (QED) is 0.821. The highest BCUT2D eigenvalue weighted by molar-refractivity contribution is 5.85. The van der Waals surface area contributed by atoms with Crippen LogP contribution in [0.1, 0.15) is 5.56 Å². The summed E-state index contributed by atoms with van der Waals surface area (Å²) in [6, 6.07) is 3.22. The maximum atomic E-state index is 12.4. The smallest absolute Gasteiger partial charge is 0.397 e. The lowest BCUT2D eigenvalue weighted by molar-refractivity contribution is -0.137. The molecule has 0 radical (unpaired) electrons. The first-order chi connectivity index (χ1) is 7.48. The van der Waals surface area contributed by atoms with Gasteiger partial charge < -0.3 is 10.3 Å². The van der Waals surface area contributed by atoms with E-state index >= 15 is 0 Å². The molecule has 18 heavy (non-hydrogen) atoms. The van der Waals surface area contributed by atoms with Gasteiger partial charge in [-0.3, -0.25) is 0 Å². The standard InChI is InChI=1S/C10H8F3N3.2ClH/c11-10(12,13)7-1-2-9(8(14)5-7)16-4-3-15-6-16;;/h1-6H,14H2;2*1H. The summed E-state index contributed by atoms with van der Waals surface area (Å²) in [5.41, 5.74) is 5.35. The third-order valence-corrected chi connectivity index (χ3v) is 2.14. The molecule has 0 amide bonds. The molecular formula is C10H10Cl2F3N3. The van der Waals surface area contributed by atoms with Gasteiger partial charge in [0.2, 0.25) is 0 Å². The highest BCUT2D eigenvalue weighted by atomic mass is 35.5. The van der Waals surface area contributed by atoms with Gasteiger partial charge in [-0.15, -0.1) is 24.8 Å². The van der Waals surface area contributed by atoms with Crippen LogP contribution in [0.25, 0.3) is 5.69 Å². The molecule has 3 nitrogen and oxygen atoms in total. The van der Waals surface area contributed by atoms with Crippen LogP contribution in [0.5, 0.6) is 0 Å². The minimum Gasteiger partial charge on any atom is -0.397 e. The van der Waals surface area contributed by atoms with Crippen molar-refractivity contribution in [1.29, 1.82) is 0 Å². The number of benzene rings is 1. The van der Waals surface area contributed by atoms with E-state index in [4.69, 9.17) is 5.73 Å². The van der Waals surface area contributed by atoms with Crippen molar-refractivity contribution in [2.24, 2.45) is 0 Å². The summed E-state index contributed by atoms with van der Waals surface area (Å²) in [4.78, 5) is 3.80.